The number of furan rings is 1. The van der Waals surface area contributed by atoms with Gasteiger partial charge in [0.1, 0.15) is 5.76 Å². The summed E-state index contributed by atoms with van der Waals surface area (Å²) in [6, 6.07) is 15.7. The molecule has 0 atom stereocenters. The van der Waals surface area contributed by atoms with Crippen molar-refractivity contribution in [3.63, 3.8) is 0 Å². The summed E-state index contributed by atoms with van der Waals surface area (Å²) in [6.07, 6.45) is -3.10. The van der Waals surface area contributed by atoms with E-state index < -0.39 is 21.8 Å². The molecule has 0 saturated carbocycles. The van der Waals surface area contributed by atoms with E-state index in [2.05, 4.69) is 0 Å². The summed E-state index contributed by atoms with van der Waals surface area (Å²) in [4.78, 5) is -0.210. The van der Waals surface area contributed by atoms with E-state index in [1.165, 1.54) is 10.6 Å². The predicted molar refractivity (Wildman–Crippen MR) is 93.0 cm³/mol. The van der Waals surface area contributed by atoms with E-state index in [1.54, 1.807) is 36.4 Å². The van der Waals surface area contributed by atoms with Gasteiger partial charge in [-0.15, -0.1) is 0 Å². The Balaban J connectivity index is 1.93. The largest absolute Gasteiger partial charge is 0.468 e. The van der Waals surface area contributed by atoms with Crippen LogP contribution in [0.3, 0.4) is 0 Å². The molecule has 0 aliphatic carbocycles. The van der Waals surface area contributed by atoms with Crippen LogP contribution >= 0.6 is 0 Å². The van der Waals surface area contributed by atoms with Gasteiger partial charge in [0, 0.05) is 6.54 Å². The summed E-state index contributed by atoms with van der Waals surface area (Å²) >= 11 is 0. The van der Waals surface area contributed by atoms with Crippen molar-refractivity contribution >= 4 is 10.0 Å². The second kappa shape index (κ2) is 7.58. The van der Waals surface area contributed by atoms with Crippen LogP contribution in [-0.4, -0.2) is 12.7 Å². The zero-order chi connectivity index (χ0) is 19.5. The molecule has 1 aromatic heterocycles. The SMILES string of the molecule is O=S(=O)(c1ccc(C(F)(F)F)cc1)N(Cc1ccccc1)Cc1ccco1. The minimum atomic E-state index is -4.53. The summed E-state index contributed by atoms with van der Waals surface area (Å²) in [7, 11) is -4.03. The van der Waals surface area contributed by atoms with Gasteiger partial charge in [-0.25, -0.2) is 8.42 Å². The Morgan fingerprint density at radius 3 is 2.07 bits per heavy atom. The Bertz CT molecular complexity index is 967. The summed E-state index contributed by atoms with van der Waals surface area (Å²) in [5, 5.41) is 0. The highest BCUT2D eigenvalue weighted by Crippen LogP contribution is 2.30. The van der Waals surface area contributed by atoms with Crippen molar-refractivity contribution in [1.29, 1.82) is 0 Å². The van der Waals surface area contributed by atoms with Gasteiger partial charge < -0.3 is 4.42 Å². The minimum absolute atomic E-state index is 0.0365. The maximum atomic E-state index is 13.0. The summed E-state index contributed by atoms with van der Waals surface area (Å²) < 4.78 is 70.7. The van der Waals surface area contributed by atoms with Crippen LogP contribution in [0, 0.1) is 0 Å². The molecule has 0 aliphatic rings. The molecule has 0 bridgehead atoms. The minimum Gasteiger partial charge on any atom is -0.468 e. The Morgan fingerprint density at radius 2 is 1.52 bits per heavy atom. The molecule has 2 aromatic carbocycles. The van der Waals surface area contributed by atoms with E-state index in [1.807, 2.05) is 6.07 Å². The lowest BCUT2D eigenvalue weighted by molar-refractivity contribution is -0.137. The highest BCUT2D eigenvalue weighted by atomic mass is 32.2. The molecule has 27 heavy (non-hydrogen) atoms. The molecular formula is C19H16F3NO3S. The molecule has 3 aromatic rings. The average molecular weight is 395 g/mol. The maximum Gasteiger partial charge on any atom is 0.416 e. The number of hydrogen-bond acceptors (Lipinski definition) is 3. The Morgan fingerprint density at radius 1 is 0.852 bits per heavy atom. The first kappa shape index (κ1) is 19.2. The van der Waals surface area contributed by atoms with E-state index in [4.69, 9.17) is 4.42 Å². The molecule has 0 saturated heterocycles. The lowest BCUT2D eigenvalue weighted by Gasteiger charge is -2.21. The van der Waals surface area contributed by atoms with Gasteiger partial charge in [-0.3, -0.25) is 0 Å². The second-order valence-electron chi connectivity index (χ2n) is 5.86. The molecule has 142 valence electrons. The van der Waals surface area contributed by atoms with Gasteiger partial charge in [0.2, 0.25) is 10.0 Å². The Hall–Kier alpha value is -2.58. The highest BCUT2D eigenvalue weighted by molar-refractivity contribution is 7.89. The van der Waals surface area contributed by atoms with Crippen molar-refractivity contribution < 1.29 is 26.0 Å². The molecule has 0 N–H and O–H groups in total. The van der Waals surface area contributed by atoms with Gasteiger partial charge in [-0.2, -0.15) is 17.5 Å². The number of hydrogen-bond donors (Lipinski definition) is 0. The van der Waals surface area contributed by atoms with Gasteiger partial charge in [-0.1, -0.05) is 30.3 Å². The van der Waals surface area contributed by atoms with Gasteiger partial charge in [0.05, 0.1) is 23.3 Å². The van der Waals surface area contributed by atoms with Crippen LogP contribution in [0.5, 0.6) is 0 Å². The quantitative estimate of drug-likeness (QED) is 0.608. The standard InChI is InChI=1S/C19H16F3NO3S/c20-19(21,22)16-8-10-18(11-9-16)27(24,25)23(14-17-7-4-12-26-17)13-15-5-2-1-3-6-15/h1-12H,13-14H2. The van der Waals surface area contributed by atoms with E-state index in [0.717, 1.165) is 29.8 Å². The van der Waals surface area contributed by atoms with Gasteiger partial charge in [0.25, 0.3) is 0 Å². The molecule has 0 radical (unpaired) electrons. The number of rotatable bonds is 6. The number of alkyl halides is 3. The Labute approximate surface area is 154 Å². The summed E-state index contributed by atoms with van der Waals surface area (Å²) in [6.45, 7) is 0.0240. The third kappa shape index (κ3) is 4.58. The molecule has 0 unspecified atom stereocenters. The molecule has 0 spiro atoms. The normalized spacial score (nSPS) is 12.4. The summed E-state index contributed by atoms with van der Waals surface area (Å²) in [5.74, 6) is 0.432. The molecule has 1 heterocycles. The Kier molecular flexibility index (Phi) is 5.38. The fourth-order valence-electron chi connectivity index (χ4n) is 2.55. The third-order valence-electron chi connectivity index (χ3n) is 3.93. The van der Waals surface area contributed by atoms with Crippen molar-refractivity contribution in [2.45, 2.75) is 24.2 Å². The maximum absolute atomic E-state index is 13.0. The van der Waals surface area contributed by atoms with Crippen LogP contribution in [0.4, 0.5) is 13.2 Å². The van der Waals surface area contributed by atoms with E-state index in [9.17, 15) is 21.6 Å². The van der Waals surface area contributed by atoms with E-state index in [-0.39, 0.29) is 18.0 Å². The first-order valence-electron chi connectivity index (χ1n) is 8.00. The van der Waals surface area contributed by atoms with Crippen LogP contribution in [0.25, 0.3) is 0 Å². The van der Waals surface area contributed by atoms with Crippen LogP contribution < -0.4 is 0 Å². The summed E-state index contributed by atoms with van der Waals surface area (Å²) in [5.41, 5.74) is -0.151. The van der Waals surface area contributed by atoms with Crippen molar-refractivity contribution in [3.05, 3.63) is 89.9 Å². The topological polar surface area (TPSA) is 50.5 Å². The van der Waals surface area contributed by atoms with Crippen LogP contribution in [0.15, 0.2) is 82.3 Å². The fourth-order valence-corrected chi connectivity index (χ4v) is 3.95. The third-order valence-corrected chi connectivity index (χ3v) is 5.74. The first-order chi connectivity index (χ1) is 12.8. The van der Waals surface area contributed by atoms with Crippen molar-refractivity contribution in [3.8, 4) is 0 Å². The lowest BCUT2D eigenvalue weighted by Crippen LogP contribution is -2.30. The lowest BCUT2D eigenvalue weighted by atomic mass is 10.2. The molecule has 3 rings (SSSR count). The zero-order valence-electron chi connectivity index (χ0n) is 14.1. The van der Waals surface area contributed by atoms with Crippen LogP contribution in [-0.2, 0) is 29.3 Å². The zero-order valence-corrected chi connectivity index (χ0v) is 14.9. The monoisotopic (exact) mass is 395 g/mol. The molecule has 0 amide bonds. The molecular weight excluding hydrogens is 379 g/mol. The second-order valence-corrected chi connectivity index (χ2v) is 7.80. The molecule has 8 heteroatoms. The molecule has 0 aliphatic heterocycles. The van der Waals surface area contributed by atoms with Crippen LogP contribution in [0.2, 0.25) is 0 Å². The predicted octanol–water partition coefficient (Wildman–Crippen LogP) is 4.69. The fraction of sp³-hybridized carbons (Fsp3) is 0.158. The smallest absolute Gasteiger partial charge is 0.416 e. The first-order valence-corrected chi connectivity index (χ1v) is 9.44. The van der Waals surface area contributed by atoms with Crippen LogP contribution in [0.1, 0.15) is 16.9 Å². The van der Waals surface area contributed by atoms with Gasteiger partial charge >= 0.3 is 6.18 Å². The van der Waals surface area contributed by atoms with Crippen molar-refractivity contribution in [1.82, 2.24) is 4.31 Å². The van der Waals surface area contributed by atoms with Gasteiger partial charge in [0.15, 0.2) is 0 Å². The van der Waals surface area contributed by atoms with Crippen molar-refractivity contribution in [2.75, 3.05) is 0 Å². The highest BCUT2D eigenvalue weighted by Gasteiger charge is 2.32. The molecule has 4 nitrogen and oxygen atoms in total. The average Bonchev–Trinajstić information content (AvgIpc) is 3.14. The van der Waals surface area contributed by atoms with Crippen molar-refractivity contribution in [2.24, 2.45) is 0 Å². The number of nitrogens with zero attached hydrogens (tertiary/aromatic N) is 1. The number of benzene rings is 2. The van der Waals surface area contributed by atoms with E-state index >= 15 is 0 Å². The van der Waals surface area contributed by atoms with E-state index in [0.29, 0.717) is 5.76 Å². The number of halogens is 3. The number of sulfonamides is 1. The molecule has 0 fully saturated rings. The van der Waals surface area contributed by atoms with Gasteiger partial charge in [-0.05, 0) is 42.0 Å².